The van der Waals surface area contributed by atoms with E-state index in [4.69, 9.17) is 0 Å². The summed E-state index contributed by atoms with van der Waals surface area (Å²) >= 11 is 0. The minimum Gasteiger partial charge on any atom is -0.333 e. The molecule has 0 amide bonds. The Labute approximate surface area is 178 Å². The van der Waals surface area contributed by atoms with E-state index in [1.54, 1.807) is 0 Å². The number of aromatic nitrogens is 6. The molecule has 3 heterocycles. The van der Waals surface area contributed by atoms with Gasteiger partial charge in [0.1, 0.15) is 0 Å². The summed E-state index contributed by atoms with van der Waals surface area (Å²) in [6, 6.07) is 0. The predicted molar refractivity (Wildman–Crippen MR) is 119 cm³/mol. The highest BCUT2D eigenvalue weighted by atomic mass is 15.0. The van der Waals surface area contributed by atoms with Gasteiger partial charge in [0.15, 0.2) is 0 Å². The molecule has 0 N–H and O–H groups in total. The van der Waals surface area contributed by atoms with Crippen molar-refractivity contribution in [2.24, 2.45) is 0 Å². The van der Waals surface area contributed by atoms with E-state index in [0.717, 1.165) is 38.9 Å². The van der Waals surface area contributed by atoms with Crippen LogP contribution in [0.2, 0.25) is 0 Å². The Bertz CT molecular complexity index is 900. The van der Waals surface area contributed by atoms with E-state index in [0.29, 0.717) is 0 Å². The van der Waals surface area contributed by atoms with Crippen molar-refractivity contribution in [3.63, 3.8) is 0 Å². The fraction of sp³-hybridized carbons (Fsp3) is 0.375. The lowest BCUT2D eigenvalue weighted by Gasteiger charge is -2.27. The lowest BCUT2D eigenvalue weighted by atomic mass is 9.83. The van der Waals surface area contributed by atoms with E-state index in [-0.39, 0.29) is 0 Å². The Kier molecular flexibility index (Phi) is 6.12. The molecule has 0 spiro atoms. The Morgan fingerprint density at radius 1 is 0.500 bits per heavy atom. The van der Waals surface area contributed by atoms with Gasteiger partial charge in [0.05, 0.1) is 19.0 Å². The first kappa shape index (κ1) is 20.1. The quantitative estimate of drug-likeness (QED) is 0.423. The minimum absolute atomic E-state index is 0.851. The predicted octanol–water partition coefficient (Wildman–Crippen LogP) is 4.11. The van der Waals surface area contributed by atoms with Crippen LogP contribution in [0.25, 0.3) is 0 Å². The maximum Gasteiger partial charge on any atom is 0.0949 e. The van der Waals surface area contributed by atoms with Crippen LogP contribution in [0.5, 0.6) is 0 Å². The van der Waals surface area contributed by atoms with Crippen molar-refractivity contribution in [3.05, 3.63) is 89.5 Å². The topological polar surface area (TPSA) is 53.5 Å². The van der Waals surface area contributed by atoms with Crippen LogP contribution in [0, 0.1) is 0 Å². The Morgan fingerprint density at radius 3 is 1.00 bits per heavy atom. The molecule has 0 fully saturated rings. The van der Waals surface area contributed by atoms with Crippen LogP contribution in [0.4, 0.5) is 0 Å². The van der Waals surface area contributed by atoms with Gasteiger partial charge in [-0.05, 0) is 52.6 Å². The molecule has 3 aromatic heterocycles. The van der Waals surface area contributed by atoms with Crippen LogP contribution in [0.3, 0.4) is 0 Å². The van der Waals surface area contributed by atoms with Gasteiger partial charge in [-0.1, -0.05) is 20.8 Å². The van der Waals surface area contributed by atoms with Gasteiger partial charge in [0, 0.05) is 56.8 Å². The molecule has 1 aromatic carbocycles. The number of nitrogens with zero attached hydrogens (tertiary/aromatic N) is 6. The zero-order valence-corrected chi connectivity index (χ0v) is 18.1. The van der Waals surface area contributed by atoms with Crippen molar-refractivity contribution in [2.45, 2.75) is 59.7 Å². The number of rotatable bonds is 9. The van der Waals surface area contributed by atoms with Crippen molar-refractivity contribution in [1.29, 1.82) is 0 Å². The molecule has 0 radical (unpaired) electrons. The summed E-state index contributed by atoms with van der Waals surface area (Å²) in [5.74, 6) is 0. The van der Waals surface area contributed by atoms with Crippen molar-refractivity contribution < 1.29 is 0 Å². The van der Waals surface area contributed by atoms with Gasteiger partial charge in [-0.2, -0.15) is 0 Å². The Balaban J connectivity index is 1.94. The number of hydrogen-bond donors (Lipinski definition) is 0. The summed E-state index contributed by atoms with van der Waals surface area (Å²) in [5, 5.41) is 0. The van der Waals surface area contributed by atoms with Crippen LogP contribution in [0.1, 0.15) is 54.2 Å². The lowest BCUT2D eigenvalue weighted by Crippen LogP contribution is -2.18. The molecule has 30 heavy (non-hydrogen) atoms. The van der Waals surface area contributed by atoms with Crippen molar-refractivity contribution in [3.8, 4) is 0 Å². The normalized spacial score (nSPS) is 11.3. The van der Waals surface area contributed by atoms with Crippen LogP contribution in [0.15, 0.2) is 56.2 Å². The van der Waals surface area contributed by atoms with Crippen LogP contribution >= 0.6 is 0 Å². The van der Waals surface area contributed by atoms with Crippen LogP contribution in [-0.4, -0.2) is 28.7 Å². The maximum absolute atomic E-state index is 4.27. The second-order valence-corrected chi connectivity index (χ2v) is 7.64. The third-order valence-electron chi connectivity index (χ3n) is 5.95. The molecule has 4 rings (SSSR count). The summed E-state index contributed by atoms with van der Waals surface area (Å²) in [4.78, 5) is 12.8. The van der Waals surface area contributed by atoms with Crippen molar-refractivity contribution in [2.75, 3.05) is 0 Å². The van der Waals surface area contributed by atoms with E-state index >= 15 is 0 Å². The molecule has 0 aliphatic heterocycles. The second-order valence-electron chi connectivity index (χ2n) is 7.64. The monoisotopic (exact) mass is 402 g/mol. The van der Waals surface area contributed by atoms with Crippen LogP contribution < -0.4 is 0 Å². The number of hydrogen-bond acceptors (Lipinski definition) is 3. The molecule has 6 heteroatoms. The average Bonchev–Trinajstić information content (AvgIpc) is 3.53. The first-order chi connectivity index (χ1) is 14.7. The molecule has 0 saturated heterocycles. The van der Waals surface area contributed by atoms with Crippen molar-refractivity contribution in [1.82, 2.24) is 28.7 Å². The van der Waals surface area contributed by atoms with Crippen molar-refractivity contribution >= 4 is 0 Å². The summed E-state index contributed by atoms with van der Waals surface area (Å²) < 4.78 is 6.55. The summed E-state index contributed by atoms with van der Waals surface area (Å²) in [6.07, 6.45) is 20.5. The molecular weight excluding hydrogens is 372 g/mol. The van der Waals surface area contributed by atoms with Gasteiger partial charge in [0.25, 0.3) is 0 Å². The molecule has 0 aliphatic carbocycles. The Hall–Kier alpha value is -3.15. The molecule has 0 aliphatic rings. The number of benzene rings is 1. The molecule has 156 valence electrons. The standard InChI is InChI=1S/C24H30N6/c1-4-19-22(13-28-10-7-25-16-28)20(5-2)24(15-30-12-9-27-18-30)21(6-3)23(19)14-29-11-8-26-17-29/h7-12,16-18H,4-6,13-15H2,1-3H3. The summed E-state index contributed by atoms with van der Waals surface area (Å²) in [5.41, 5.74) is 8.75. The highest BCUT2D eigenvalue weighted by Gasteiger charge is 2.22. The minimum atomic E-state index is 0.851. The molecular formula is C24H30N6. The Morgan fingerprint density at radius 2 is 0.800 bits per heavy atom. The van der Waals surface area contributed by atoms with Gasteiger partial charge >= 0.3 is 0 Å². The second kappa shape index (κ2) is 9.11. The van der Waals surface area contributed by atoms with Gasteiger partial charge in [0.2, 0.25) is 0 Å². The zero-order valence-electron chi connectivity index (χ0n) is 18.1. The third-order valence-corrected chi connectivity index (χ3v) is 5.95. The fourth-order valence-electron chi connectivity index (χ4n) is 4.63. The van der Waals surface area contributed by atoms with Gasteiger partial charge in [-0.15, -0.1) is 0 Å². The number of imidazole rings is 3. The van der Waals surface area contributed by atoms with Gasteiger partial charge in [-0.3, -0.25) is 0 Å². The van der Waals surface area contributed by atoms with E-state index in [1.165, 1.54) is 33.4 Å². The van der Waals surface area contributed by atoms with Gasteiger partial charge in [-0.25, -0.2) is 15.0 Å². The zero-order chi connectivity index (χ0) is 20.9. The first-order valence-electron chi connectivity index (χ1n) is 10.8. The molecule has 6 nitrogen and oxygen atoms in total. The van der Waals surface area contributed by atoms with E-state index < -0.39 is 0 Å². The lowest BCUT2D eigenvalue weighted by molar-refractivity contribution is 0.716. The van der Waals surface area contributed by atoms with Gasteiger partial charge < -0.3 is 13.7 Å². The van der Waals surface area contributed by atoms with E-state index in [1.807, 2.05) is 37.6 Å². The molecule has 4 aromatic rings. The summed E-state index contributed by atoms with van der Waals surface area (Å²) in [7, 11) is 0. The fourth-order valence-corrected chi connectivity index (χ4v) is 4.63. The highest BCUT2D eigenvalue weighted by molar-refractivity contribution is 5.53. The first-order valence-corrected chi connectivity index (χ1v) is 10.8. The molecule has 0 unspecified atom stereocenters. The van der Waals surface area contributed by atoms with E-state index in [2.05, 4.69) is 68.0 Å². The average molecular weight is 403 g/mol. The highest BCUT2D eigenvalue weighted by Crippen LogP contribution is 2.32. The SMILES string of the molecule is CCc1c(Cn2ccnc2)c(CC)c(Cn2ccnc2)c(CC)c1Cn1ccnc1. The molecule has 0 atom stereocenters. The third kappa shape index (κ3) is 3.95. The maximum atomic E-state index is 4.27. The largest absolute Gasteiger partial charge is 0.333 e. The smallest absolute Gasteiger partial charge is 0.0949 e. The molecule has 0 saturated carbocycles. The van der Waals surface area contributed by atoms with E-state index in [9.17, 15) is 0 Å². The van der Waals surface area contributed by atoms with Crippen LogP contribution in [-0.2, 0) is 38.9 Å². The summed E-state index contributed by atoms with van der Waals surface area (Å²) in [6.45, 7) is 9.38. The molecule has 0 bridgehead atoms.